The van der Waals surface area contributed by atoms with Crippen molar-refractivity contribution in [3.8, 4) is 11.7 Å². The van der Waals surface area contributed by atoms with Crippen LogP contribution in [0.4, 0.5) is 13.2 Å². The second-order valence-corrected chi connectivity index (χ2v) is 4.21. The molecule has 0 atom stereocenters. The van der Waals surface area contributed by atoms with E-state index in [2.05, 4.69) is 15.3 Å². The quantitative estimate of drug-likeness (QED) is 0.910. The number of aromatic nitrogens is 3. The highest BCUT2D eigenvalue weighted by molar-refractivity contribution is 5.46. The molecule has 0 saturated carbocycles. The van der Waals surface area contributed by atoms with Crippen LogP contribution in [-0.2, 0) is 25.8 Å². The van der Waals surface area contributed by atoms with Crippen LogP contribution in [0.1, 0.15) is 24.0 Å². The highest BCUT2D eigenvalue weighted by Crippen LogP contribution is 2.31. The molecule has 0 bridgehead atoms. The smallest absolute Gasteiger partial charge is 0.436 e. The molecule has 2 aromatic rings. The minimum atomic E-state index is -4.50. The maximum atomic E-state index is 12.5. The molecule has 102 valence electrons. The molecule has 19 heavy (non-hydrogen) atoms. The summed E-state index contributed by atoms with van der Waals surface area (Å²) in [4.78, 5) is 7.78. The number of fused-ring (bicyclic) bond motifs is 1. The first-order chi connectivity index (χ1) is 9.00. The van der Waals surface area contributed by atoms with Gasteiger partial charge in [-0.05, 0) is 6.92 Å². The lowest BCUT2D eigenvalue weighted by Crippen LogP contribution is -2.09. The highest BCUT2D eigenvalue weighted by atomic mass is 19.4. The van der Waals surface area contributed by atoms with Crippen LogP contribution in [0, 0.1) is 0 Å². The first-order valence-corrected chi connectivity index (χ1v) is 5.82. The molecule has 3 heterocycles. The summed E-state index contributed by atoms with van der Waals surface area (Å²) in [5.74, 6) is 0.257. The zero-order valence-corrected chi connectivity index (χ0v) is 10.1. The molecule has 8 heteroatoms. The van der Waals surface area contributed by atoms with Gasteiger partial charge in [0, 0.05) is 19.6 Å². The van der Waals surface area contributed by atoms with Gasteiger partial charge in [-0.25, -0.2) is 9.97 Å². The largest absolute Gasteiger partial charge is 0.442 e. The molecule has 0 fully saturated rings. The van der Waals surface area contributed by atoms with E-state index in [1.54, 1.807) is 0 Å². The number of nitrogens with zero attached hydrogens (tertiary/aromatic N) is 3. The number of rotatable bonds is 2. The van der Waals surface area contributed by atoms with Crippen molar-refractivity contribution in [3.63, 3.8) is 0 Å². The highest BCUT2D eigenvalue weighted by Gasteiger charge is 2.35. The van der Waals surface area contributed by atoms with Gasteiger partial charge in [-0.15, -0.1) is 0 Å². The van der Waals surface area contributed by atoms with Gasteiger partial charge in [-0.1, -0.05) is 0 Å². The standard InChI is InChI=1S/C11H11F3N4O/c1-2-18-7-4-15-3-6(7)16-9(18)10-17-8(5-19-10)11(12,13)14/h5,15H,2-4H2,1H3. The number of halogens is 3. The van der Waals surface area contributed by atoms with Gasteiger partial charge in [0.15, 0.2) is 11.5 Å². The Labute approximate surface area is 106 Å². The molecule has 1 N–H and O–H groups in total. The SMILES string of the molecule is CCn1c(-c2nc(C(F)(F)F)co2)nc2c1CNC2. The summed E-state index contributed by atoms with van der Waals surface area (Å²) in [7, 11) is 0. The van der Waals surface area contributed by atoms with E-state index in [0.717, 1.165) is 11.4 Å². The van der Waals surface area contributed by atoms with Crippen molar-refractivity contribution in [3.05, 3.63) is 23.3 Å². The number of hydrogen-bond acceptors (Lipinski definition) is 4. The van der Waals surface area contributed by atoms with E-state index in [9.17, 15) is 13.2 Å². The molecule has 0 aliphatic carbocycles. The van der Waals surface area contributed by atoms with Crippen molar-refractivity contribution < 1.29 is 17.6 Å². The second kappa shape index (κ2) is 4.09. The van der Waals surface area contributed by atoms with E-state index >= 15 is 0 Å². The first kappa shape index (κ1) is 12.2. The van der Waals surface area contributed by atoms with Crippen LogP contribution in [0.3, 0.4) is 0 Å². The Balaban J connectivity index is 2.05. The van der Waals surface area contributed by atoms with Gasteiger partial charge >= 0.3 is 6.18 Å². The van der Waals surface area contributed by atoms with Crippen molar-refractivity contribution in [1.29, 1.82) is 0 Å². The maximum Gasteiger partial charge on any atom is 0.436 e. The molecule has 0 aromatic carbocycles. The second-order valence-electron chi connectivity index (χ2n) is 4.21. The minimum absolute atomic E-state index is 0.0939. The van der Waals surface area contributed by atoms with Crippen molar-refractivity contribution >= 4 is 0 Å². The van der Waals surface area contributed by atoms with E-state index in [0.29, 0.717) is 31.7 Å². The van der Waals surface area contributed by atoms with E-state index in [1.165, 1.54) is 0 Å². The molecule has 0 spiro atoms. The van der Waals surface area contributed by atoms with Gasteiger partial charge in [0.2, 0.25) is 0 Å². The number of hydrogen-bond donors (Lipinski definition) is 1. The van der Waals surface area contributed by atoms with Crippen LogP contribution in [0.5, 0.6) is 0 Å². The van der Waals surface area contributed by atoms with Crippen LogP contribution in [0.15, 0.2) is 10.7 Å². The predicted molar refractivity (Wildman–Crippen MR) is 58.9 cm³/mol. The van der Waals surface area contributed by atoms with Crippen LogP contribution in [0.25, 0.3) is 11.7 Å². The van der Waals surface area contributed by atoms with Crippen molar-refractivity contribution in [2.75, 3.05) is 0 Å². The van der Waals surface area contributed by atoms with Crippen LogP contribution in [0.2, 0.25) is 0 Å². The minimum Gasteiger partial charge on any atom is -0.442 e. The van der Waals surface area contributed by atoms with Gasteiger partial charge in [-0.3, -0.25) is 0 Å². The van der Waals surface area contributed by atoms with Gasteiger partial charge in [0.05, 0.1) is 11.4 Å². The zero-order valence-electron chi connectivity index (χ0n) is 10.1. The normalized spacial score (nSPS) is 14.9. The van der Waals surface area contributed by atoms with E-state index in [4.69, 9.17) is 4.42 Å². The molecule has 0 saturated heterocycles. The Morgan fingerprint density at radius 3 is 2.79 bits per heavy atom. The van der Waals surface area contributed by atoms with E-state index in [-0.39, 0.29) is 5.89 Å². The number of alkyl halides is 3. The maximum absolute atomic E-state index is 12.5. The molecule has 2 aromatic heterocycles. The van der Waals surface area contributed by atoms with Gasteiger partial charge in [0.25, 0.3) is 5.89 Å². The molecule has 0 amide bonds. The molecule has 5 nitrogen and oxygen atoms in total. The summed E-state index contributed by atoms with van der Waals surface area (Å²) in [6.45, 7) is 3.77. The Morgan fingerprint density at radius 2 is 2.16 bits per heavy atom. The summed E-state index contributed by atoms with van der Waals surface area (Å²) in [6, 6.07) is 0. The van der Waals surface area contributed by atoms with Crippen molar-refractivity contribution in [2.45, 2.75) is 32.7 Å². The van der Waals surface area contributed by atoms with Crippen LogP contribution < -0.4 is 5.32 Å². The zero-order chi connectivity index (χ0) is 13.6. The molecule has 1 aliphatic rings. The fraction of sp³-hybridized carbons (Fsp3) is 0.455. The lowest BCUT2D eigenvalue weighted by molar-refractivity contribution is -0.141. The monoisotopic (exact) mass is 272 g/mol. The van der Waals surface area contributed by atoms with Gasteiger partial charge in [-0.2, -0.15) is 13.2 Å². The molecule has 3 rings (SSSR count). The molecule has 1 aliphatic heterocycles. The molecule has 0 unspecified atom stereocenters. The number of oxazole rings is 1. The van der Waals surface area contributed by atoms with Gasteiger partial charge in [0.1, 0.15) is 6.26 Å². The molecule has 0 radical (unpaired) electrons. The Bertz CT molecular complexity index is 614. The van der Waals surface area contributed by atoms with Crippen LogP contribution >= 0.6 is 0 Å². The van der Waals surface area contributed by atoms with Crippen molar-refractivity contribution in [2.24, 2.45) is 0 Å². The van der Waals surface area contributed by atoms with Gasteiger partial charge < -0.3 is 14.3 Å². The Hall–Kier alpha value is -1.83. The van der Waals surface area contributed by atoms with Crippen molar-refractivity contribution in [1.82, 2.24) is 19.9 Å². The summed E-state index contributed by atoms with van der Waals surface area (Å²) >= 11 is 0. The third-order valence-electron chi connectivity index (χ3n) is 3.04. The molecular weight excluding hydrogens is 261 g/mol. The van der Waals surface area contributed by atoms with Crippen LogP contribution in [-0.4, -0.2) is 14.5 Å². The fourth-order valence-electron chi connectivity index (χ4n) is 2.19. The summed E-state index contributed by atoms with van der Waals surface area (Å²) < 4.78 is 44.2. The number of nitrogens with one attached hydrogen (secondary N) is 1. The third-order valence-corrected chi connectivity index (χ3v) is 3.04. The van der Waals surface area contributed by atoms with E-state index < -0.39 is 11.9 Å². The fourth-order valence-corrected chi connectivity index (χ4v) is 2.19. The Morgan fingerprint density at radius 1 is 1.37 bits per heavy atom. The molecular formula is C11H11F3N4O. The lowest BCUT2D eigenvalue weighted by atomic mass is 10.4. The summed E-state index contributed by atoms with van der Waals surface area (Å²) in [6.07, 6.45) is -3.89. The third kappa shape index (κ3) is 1.92. The number of imidazole rings is 1. The predicted octanol–water partition coefficient (Wildman–Crippen LogP) is 2.18. The Kier molecular flexibility index (Phi) is 2.63. The van der Waals surface area contributed by atoms with E-state index in [1.807, 2.05) is 11.5 Å². The average molecular weight is 272 g/mol. The summed E-state index contributed by atoms with van der Waals surface area (Å²) in [5.41, 5.74) is 0.777. The average Bonchev–Trinajstić information content (AvgIpc) is 3.01. The summed E-state index contributed by atoms with van der Waals surface area (Å²) in [5, 5.41) is 3.14. The first-order valence-electron chi connectivity index (χ1n) is 5.82. The topological polar surface area (TPSA) is 55.9 Å². The lowest BCUT2D eigenvalue weighted by Gasteiger charge is -2.05.